The van der Waals surface area contributed by atoms with Crippen molar-refractivity contribution in [1.29, 1.82) is 0 Å². The summed E-state index contributed by atoms with van der Waals surface area (Å²) in [7, 11) is 5.87. The summed E-state index contributed by atoms with van der Waals surface area (Å²) in [6, 6.07) is -1.17. The van der Waals surface area contributed by atoms with Gasteiger partial charge in [-0.15, -0.1) is 0 Å². The lowest BCUT2D eigenvalue weighted by Crippen LogP contribution is -2.64. The van der Waals surface area contributed by atoms with E-state index < -0.39 is 89.6 Å². The van der Waals surface area contributed by atoms with Crippen molar-refractivity contribution in [2.45, 2.75) is 161 Å². The number of ketones is 2. The highest BCUT2D eigenvalue weighted by Gasteiger charge is 2.56. The van der Waals surface area contributed by atoms with Gasteiger partial charge in [0, 0.05) is 52.0 Å². The van der Waals surface area contributed by atoms with E-state index in [9.17, 15) is 34.2 Å². The molecule has 2 bridgehead atoms. The van der Waals surface area contributed by atoms with Crippen LogP contribution in [0.5, 0.6) is 0 Å². The van der Waals surface area contributed by atoms with Gasteiger partial charge < -0.3 is 43.5 Å². The Hall–Kier alpha value is -3.01. The molecule has 3 heterocycles. The van der Waals surface area contributed by atoms with Crippen molar-refractivity contribution in [3.05, 3.63) is 23.3 Å². The highest BCUT2D eigenvalue weighted by atomic mass is 16.7. The Morgan fingerprint density at radius 2 is 1.59 bits per heavy atom. The van der Waals surface area contributed by atoms with Gasteiger partial charge in [0.05, 0.1) is 37.4 Å². The van der Waals surface area contributed by atoms with Crippen LogP contribution in [0, 0.1) is 35.5 Å². The summed E-state index contributed by atoms with van der Waals surface area (Å²) in [5.41, 5.74) is 1.60. The van der Waals surface area contributed by atoms with Crippen molar-refractivity contribution < 1.29 is 62.6 Å². The predicted octanol–water partition coefficient (Wildman–Crippen LogP) is 4.90. The van der Waals surface area contributed by atoms with Gasteiger partial charge in [-0.2, -0.15) is 0 Å². The number of amides is 1. The number of carbonyl (C=O) groups excluding carboxylic acids is 5. The number of piperidine rings is 1. The Morgan fingerprint density at radius 3 is 2.22 bits per heavy atom. The molecule has 0 spiro atoms. The number of carbonyl (C=O) groups is 5. The molecule has 0 aromatic heterocycles. The molecule has 0 aromatic rings. The zero-order chi connectivity index (χ0) is 43.8. The summed E-state index contributed by atoms with van der Waals surface area (Å²) in [5.74, 6) is -9.40. The number of methoxy groups -OCH3 is 4. The molecule has 2 N–H and O–H groups in total. The third-order valence-corrected chi connectivity index (χ3v) is 13.4. The molecule has 14 atom stereocenters. The lowest BCUT2D eigenvalue weighted by atomic mass is 9.78. The minimum Gasteiger partial charge on any atom is -0.469 e. The number of cyclic esters (lactones) is 1. The van der Waals surface area contributed by atoms with Gasteiger partial charge in [0.25, 0.3) is 11.7 Å². The second-order valence-corrected chi connectivity index (χ2v) is 17.7. The molecule has 3 unspecified atom stereocenters. The lowest BCUT2D eigenvalue weighted by molar-refractivity contribution is -0.302. The van der Waals surface area contributed by atoms with E-state index in [0.29, 0.717) is 56.9 Å². The molecule has 334 valence electrons. The van der Waals surface area contributed by atoms with Crippen LogP contribution in [0.2, 0.25) is 0 Å². The number of hydrogen-bond acceptors (Lipinski definition) is 13. The minimum atomic E-state index is -2.52. The second kappa shape index (κ2) is 21.7. The summed E-state index contributed by atoms with van der Waals surface area (Å²) >= 11 is 0. The average molecular weight is 834 g/mol. The van der Waals surface area contributed by atoms with Gasteiger partial charge in [-0.1, -0.05) is 45.4 Å². The summed E-state index contributed by atoms with van der Waals surface area (Å²) in [5, 5.41) is 22.6. The number of nitrogens with zero attached hydrogens (tertiary/aromatic N) is 1. The molecule has 4 aliphatic rings. The maximum absolute atomic E-state index is 14.5. The minimum absolute atomic E-state index is 0.00558. The summed E-state index contributed by atoms with van der Waals surface area (Å²) in [4.78, 5) is 72.0. The van der Waals surface area contributed by atoms with Crippen LogP contribution >= 0.6 is 0 Å². The standard InChI is InChI=1S/C45H71NO13/c1-11-31-19-25(2)18-26(3)20-37(55-8)40-38(56-9)22-28(5)45(53,59-40)41(49)42(50)46-17-13-12-14-33(46)44(52)58-39(29(6)32(24-35(31)48)43(51)57-10)27(4)21-30-15-16-34(47)36(23-30)54-7/h19,21,26,28-34,36-40,47,53H,11-18,20,22-24H2,1-10H3/b25-19+,27-21+/t26-,28+,29+,30?,31+,32?,33-,34+,36+,37?,38-,39+,40+,45+/m0/s1. The molecule has 3 fully saturated rings. The van der Waals surface area contributed by atoms with Crippen LogP contribution in [0.4, 0.5) is 0 Å². The van der Waals surface area contributed by atoms with Crippen molar-refractivity contribution >= 4 is 29.4 Å². The van der Waals surface area contributed by atoms with Gasteiger partial charge in [0.2, 0.25) is 5.79 Å². The lowest BCUT2D eigenvalue weighted by Gasteiger charge is -2.47. The summed E-state index contributed by atoms with van der Waals surface area (Å²) in [6.45, 7) is 11.2. The topological polar surface area (TPSA) is 184 Å². The number of aliphatic hydroxyl groups excluding tert-OH is 1. The van der Waals surface area contributed by atoms with E-state index in [2.05, 4.69) is 0 Å². The molecule has 0 radical (unpaired) electrons. The molecule has 4 rings (SSSR count). The molecular formula is C45H71NO13. The maximum atomic E-state index is 14.5. The fourth-order valence-electron chi connectivity index (χ4n) is 9.86. The number of rotatable bonds is 7. The summed E-state index contributed by atoms with van der Waals surface area (Å²) in [6.07, 6.45) is 4.40. The Kier molecular flexibility index (Phi) is 17.9. The molecule has 3 aliphatic heterocycles. The second-order valence-electron chi connectivity index (χ2n) is 17.7. The van der Waals surface area contributed by atoms with Crippen LogP contribution < -0.4 is 0 Å². The van der Waals surface area contributed by atoms with Crippen molar-refractivity contribution in [2.75, 3.05) is 35.0 Å². The zero-order valence-corrected chi connectivity index (χ0v) is 37.0. The van der Waals surface area contributed by atoms with Crippen molar-refractivity contribution in [3.63, 3.8) is 0 Å². The number of hydrogen-bond donors (Lipinski definition) is 2. The number of Topliss-reactive ketones (excluding diaryl/α,β-unsaturated/α-hetero) is 2. The van der Waals surface area contributed by atoms with Crippen LogP contribution in [0.25, 0.3) is 0 Å². The van der Waals surface area contributed by atoms with Gasteiger partial charge in [-0.25, -0.2) is 4.79 Å². The summed E-state index contributed by atoms with van der Waals surface area (Å²) < 4.78 is 35.2. The third-order valence-electron chi connectivity index (χ3n) is 13.4. The fourth-order valence-corrected chi connectivity index (χ4v) is 9.86. The molecule has 1 aliphatic carbocycles. The average Bonchev–Trinajstić information content (AvgIpc) is 3.22. The van der Waals surface area contributed by atoms with E-state index in [-0.39, 0.29) is 49.5 Å². The first kappa shape index (κ1) is 48.7. The van der Waals surface area contributed by atoms with Crippen LogP contribution in [-0.2, 0) is 52.4 Å². The van der Waals surface area contributed by atoms with Crippen LogP contribution in [0.3, 0.4) is 0 Å². The molecule has 59 heavy (non-hydrogen) atoms. The largest absolute Gasteiger partial charge is 0.469 e. The van der Waals surface area contributed by atoms with Gasteiger partial charge in [-0.05, 0) is 95.5 Å². The number of esters is 2. The molecule has 14 heteroatoms. The van der Waals surface area contributed by atoms with Gasteiger partial charge in [0.1, 0.15) is 24.0 Å². The molecule has 14 nitrogen and oxygen atoms in total. The normalized spacial score (nSPS) is 39.9. The van der Waals surface area contributed by atoms with Gasteiger partial charge >= 0.3 is 11.9 Å². The third kappa shape index (κ3) is 11.5. The maximum Gasteiger partial charge on any atom is 0.329 e. The highest BCUT2D eigenvalue weighted by molar-refractivity contribution is 6.39. The number of allylic oxidation sites excluding steroid dienone is 3. The van der Waals surface area contributed by atoms with Crippen LogP contribution in [-0.4, -0.2) is 128 Å². The van der Waals surface area contributed by atoms with E-state index in [0.717, 1.165) is 5.57 Å². The Bertz CT molecular complexity index is 1540. The Balaban J connectivity index is 1.83. The molecule has 0 aromatic carbocycles. The molecule has 1 amide bonds. The smallest absolute Gasteiger partial charge is 0.329 e. The first-order chi connectivity index (χ1) is 27.9. The Labute approximate surface area is 350 Å². The van der Waals surface area contributed by atoms with Gasteiger partial charge in [0.15, 0.2) is 0 Å². The van der Waals surface area contributed by atoms with E-state index in [1.807, 2.05) is 39.8 Å². The fraction of sp³-hybridized carbons (Fsp3) is 0.800. The van der Waals surface area contributed by atoms with Crippen LogP contribution in [0.15, 0.2) is 23.3 Å². The van der Waals surface area contributed by atoms with Gasteiger partial charge in [-0.3, -0.25) is 19.2 Å². The molecular weight excluding hydrogens is 762 g/mol. The van der Waals surface area contributed by atoms with Crippen LogP contribution in [0.1, 0.15) is 112 Å². The van der Waals surface area contributed by atoms with E-state index in [1.54, 1.807) is 21.0 Å². The molecule has 2 saturated heterocycles. The van der Waals surface area contributed by atoms with E-state index in [1.165, 1.54) is 26.2 Å². The van der Waals surface area contributed by atoms with Crippen molar-refractivity contribution in [3.8, 4) is 0 Å². The SMILES string of the molecule is CC[C@@H]1/C=C(\C)C[C@H](C)CC(OC)[C@H]2O[C@@](O)(C(=O)C(=O)N3CCCC[C@H]3C(=O)O[C@H](/C(C)=C/C3CC[C@@H](O)[C@H](OC)C3)[C@H](C)C(C(=O)OC)CC1=O)[C@H](C)C[C@@H]2OC. The molecule has 1 saturated carbocycles. The predicted molar refractivity (Wildman–Crippen MR) is 218 cm³/mol. The first-order valence-corrected chi connectivity index (χ1v) is 21.6. The number of aliphatic hydroxyl groups is 2. The van der Waals surface area contributed by atoms with Crippen molar-refractivity contribution in [1.82, 2.24) is 4.90 Å². The quantitative estimate of drug-likeness (QED) is 0.201. The highest BCUT2D eigenvalue weighted by Crippen LogP contribution is 2.39. The number of ether oxygens (including phenoxy) is 6. The first-order valence-electron chi connectivity index (χ1n) is 21.6. The van der Waals surface area contributed by atoms with E-state index in [4.69, 9.17) is 28.4 Å². The van der Waals surface area contributed by atoms with Crippen molar-refractivity contribution in [2.24, 2.45) is 35.5 Å². The zero-order valence-electron chi connectivity index (χ0n) is 37.0. The Morgan fingerprint density at radius 1 is 0.932 bits per heavy atom. The monoisotopic (exact) mass is 833 g/mol. The number of fused-ring (bicyclic) bond motifs is 3. The van der Waals surface area contributed by atoms with E-state index >= 15 is 0 Å².